The topological polar surface area (TPSA) is 62.1 Å². The fourth-order valence-corrected chi connectivity index (χ4v) is 0.915. The van der Waals surface area contributed by atoms with Crippen molar-refractivity contribution in [2.45, 2.75) is 13.8 Å². The van der Waals surface area contributed by atoms with Crippen LogP contribution in [0.3, 0.4) is 0 Å². The van der Waals surface area contributed by atoms with Crippen molar-refractivity contribution in [1.29, 1.82) is 5.26 Å². The molecule has 1 N–H and O–H groups in total. The maximum Gasteiger partial charge on any atom is 1.00 e. The Balaban J connectivity index is 0. The molecule has 0 rings (SSSR count). The molecule has 72 valence electrons. The van der Waals surface area contributed by atoms with Gasteiger partial charge in [0.1, 0.15) is 11.6 Å². The molecule has 14 heavy (non-hydrogen) atoms. The van der Waals surface area contributed by atoms with Gasteiger partial charge in [-0.25, -0.2) is 4.79 Å². The summed E-state index contributed by atoms with van der Waals surface area (Å²) < 4.78 is 4.64. The van der Waals surface area contributed by atoms with E-state index in [0.717, 1.165) is 0 Å². The predicted octanol–water partition coefficient (Wildman–Crippen LogP) is -2.55. The van der Waals surface area contributed by atoms with Gasteiger partial charge in [-0.15, -0.1) is 0 Å². The van der Waals surface area contributed by atoms with Crippen LogP contribution in [-0.4, -0.2) is 19.1 Å². The molecule has 0 atom stereocenters. The Bertz CT molecular complexity index is 261. The first-order chi connectivity index (χ1) is 6.17. The molecule has 4 nitrogen and oxygen atoms in total. The van der Waals surface area contributed by atoms with Crippen molar-refractivity contribution < 1.29 is 39.1 Å². The van der Waals surface area contributed by atoms with Crippen molar-refractivity contribution in [2.24, 2.45) is 0 Å². The maximum absolute atomic E-state index is 11.1. The van der Waals surface area contributed by atoms with Crippen molar-refractivity contribution in [2.75, 3.05) is 13.2 Å². The minimum Gasteiger partial charge on any atom is -0.761 e. The first-order valence-electron chi connectivity index (χ1n) is 3.89. The van der Waals surface area contributed by atoms with Crippen molar-refractivity contribution in [3.63, 3.8) is 0 Å². The first kappa shape index (κ1) is 16.2. The summed E-state index contributed by atoms with van der Waals surface area (Å²) in [5, 5.41) is 11.5. The number of hydrogen-bond donors (Lipinski definition) is 1. The third kappa shape index (κ3) is 5.45. The minimum absolute atomic E-state index is 0. The van der Waals surface area contributed by atoms with Crippen LogP contribution in [0.4, 0.5) is 0 Å². The number of esters is 1. The van der Waals surface area contributed by atoms with E-state index in [1.165, 1.54) is 0 Å². The number of ether oxygens (including phenoxy) is 1. The van der Waals surface area contributed by atoms with Crippen LogP contribution in [0.2, 0.25) is 0 Å². The van der Waals surface area contributed by atoms with Crippen LogP contribution in [0, 0.1) is 11.3 Å². The van der Waals surface area contributed by atoms with Crippen LogP contribution in [0.15, 0.2) is 10.6 Å². The molecule has 6 heteroatoms. The summed E-state index contributed by atoms with van der Waals surface area (Å²) in [6, 6.07) is 1.71. The standard InChI is InChI=1S/C8H12N2O2S.Na/c1-3-10-7(13)6(5-9)8(11)12-4-2;/h10,13H,3-4H2,1-2H3;/q;+1/p-1/b7-6+;. The van der Waals surface area contributed by atoms with E-state index in [9.17, 15) is 4.79 Å². The average molecular weight is 222 g/mol. The quantitative estimate of drug-likeness (QED) is 0.186. The van der Waals surface area contributed by atoms with Crippen LogP contribution in [0.5, 0.6) is 0 Å². The van der Waals surface area contributed by atoms with Gasteiger partial charge in [0.25, 0.3) is 0 Å². The molecule has 0 radical (unpaired) electrons. The van der Waals surface area contributed by atoms with E-state index < -0.39 is 5.97 Å². The predicted molar refractivity (Wildman–Crippen MR) is 50.3 cm³/mol. The molecule has 0 fully saturated rings. The SMILES string of the molecule is CCN/C([S-])=C(/C#N)C(=O)OCC.[Na+]. The molecule has 0 aromatic heterocycles. The van der Waals surface area contributed by atoms with Gasteiger partial charge in [-0.2, -0.15) is 5.26 Å². The smallest absolute Gasteiger partial charge is 0.761 e. The Morgan fingerprint density at radius 3 is 2.50 bits per heavy atom. The second kappa shape index (κ2) is 9.28. The molecular weight excluding hydrogens is 211 g/mol. The summed E-state index contributed by atoms with van der Waals surface area (Å²) in [5.41, 5.74) is -0.140. The molecule has 0 unspecified atom stereocenters. The third-order valence-electron chi connectivity index (χ3n) is 1.16. The molecule has 0 heterocycles. The van der Waals surface area contributed by atoms with Crippen molar-refractivity contribution in [3.05, 3.63) is 10.6 Å². The van der Waals surface area contributed by atoms with Gasteiger partial charge < -0.3 is 22.7 Å². The minimum atomic E-state index is -0.670. The van der Waals surface area contributed by atoms with E-state index in [2.05, 4.69) is 10.1 Å². The largest absolute Gasteiger partial charge is 1.00 e. The average Bonchev–Trinajstić information content (AvgIpc) is 2.06. The van der Waals surface area contributed by atoms with E-state index in [4.69, 9.17) is 17.9 Å². The summed E-state index contributed by atoms with van der Waals surface area (Å²) in [6.07, 6.45) is 0. The number of rotatable bonds is 4. The summed E-state index contributed by atoms with van der Waals surface area (Å²) in [5.74, 6) is -0.670. The van der Waals surface area contributed by atoms with E-state index in [-0.39, 0.29) is 46.8 Å². The van der Waals surface area contributed by atoms with E-state index in [0.29, 0.717) is 6.54 Å². The molecule has 0 saturated heterocycles. The van der Waals surface area contributed by atoms with Crippen molar-refractivity contribution >= 4 is 18.6 Å². The molecule has 0 aliphatic rings. The first-order valence-corrected chi connectivity index (χ1v) is 4.30. The van der Waals surface area contributed by atoms with Gasteiger partial charge in [-0.05, 0) is 13.8 Å². The number of carbonyl (C=O) groups is 1. The van der Waals surface area contributed by atoms with Crippen molar-refractivity contribution in [1.82, 2.24) is 5.32 Å². The number of hydrogen-bond acceptors (Lipinski definition) is 5. The summed E-state index contributed by atoms with van der Waals surface area (Å²) >= 11 is 4.79. The maximum atomic E-state index is 11.1. The van der Waals surface area contributed by atoms with Crippen LogP contribution in [0.25, 0.3) is 0 Å². The van der Waals surface area contributed by atoms with Crippen LogP contribution in [0.1, 0.15) is 13.8 Å². The molecule has 0 amide bonds. The fourth-order valence-electron chi connectivity index (χ4n) is 0.641. The monoisotopic (exact) mass is 222 g/mol. The van der Waals surface area contributed by atoms with Crippen LogP contribution in [-0.2, 0) is 22.2 Å². The normalized spacial score (nSPS) is 10.4. The van der Waals surface area contributed by atoms with Gasteiger partial charge in [0.15, 0.2) is 0 Å². The van der Waals surface area contributed by atoms with Gasteiger partial charge in [0.2, 0.25) is 0 Å². The van der Waals surface area contributed by atoms with Gasteiger partial charge in [-0.3, -0.25) is 0 Å². The van der Waals surface area contributed by atoms with Gasteiger partial charge in [-0.1, -0.05) is 5.03 Å². The molecular formula is C8H11N2NaO2S. The zero-order chi connectivity index (χ0) is 10.3. The Hall–Kier alpha value is -0.280. The molecule has 0 saturated carbocycles. The number of nitrogens with one attached hydrogen (secondary N) is 1. The van der Waals surface area contributed by atoms with E-state index in [1.54, 1.807) is 13.0 Å². The van der Waals surface area contributed by atoms with Gasteiger partial charge in [0, 0.05) is 6.54 Å². The molecule has 0 aliphatic carbocycles. The zero-order valence-corrected chi connectivity index (χ0v) is 11.4. The fraction of sp³-hybridized carbons (Fsp3) is 0.500. The second-order valence-electron chi connectivity index (χ2n) is 2.07. The second-order valence-corrected chi connectivity index (χ2v) is 2.47. The van der Waals surface area contributed by atoms with Crippen LogP contribution >= 0.6 is 0 Å². The molecule has 0 bridgehead atoms. The van der Waals surface area contributed by atoms with Gasteiger partial charge >= 0.3 is 35.5 Å². The Labute approximate surface area is 111 Å². The summed E-state index contributed by atoms with van der Waals surface area (Å²) in [7, 11) is 0. The summed E-state index contributed by atoms with van der Waals surface area (Å²) in [6.45, 7) is 4.30. The number of carbonyl (C=O) groups excluding carboxylic acids is 1. The summed E-state index contributed by atoms with van der Waals surface area (Å²) in [4.78, 5) is 11.1. The van der Waals surface area contributed by atoms with Crippen molar-refractivity contribution in [3.8, 4) is 6.07 Å². The number of nitrogens with zero attached hydrogens (tertiary/aromatic N) is 1. The zero-order valence-electron chi connectivity index (χ0n) is 8.59. The third-order valence-corrected chi connectivity index (χ3v) is 1.50. The molecule has 0 aliphatic heterocycles. The van der Waals surface area contributed by atoms with Gasteiger partial charge in [0.05, 0.1) is 6.61 Å². The van der Waals surface area contributed by atoms with Crippen LogP contribution < -0.4 is 34.9 Å². The van der Waals surface area contributed by atoms with E-state index >= 15 is 0 Å². The van der Waals surface area contributed by atoms with E-state index in [1.807, 2.05) is 6.92 Å². The Morgan fingerprint density at radius 2 is 2.14 bits per heavy atom. The number of nitriles is 1. The molecule has 0 aromatic carbocycles. The Morgan fingerprint density at radius 1 is 1.57 bits per heavy atom. The molecule has 0 aromatic rings. The molecule has 0 spiro atoms. The Kier molecular flexibility index (Phi) is 10.7.